The molecule has 0 aliphatic carbocycles. The van der Waals surface area contributed by atoms with Crippen LogP contribution >= 0.6 is 0 Å². The summed E-state index contributed by atoms with van der Waals surface area (Å²) in [6, 6.07) is 6.74. The van der Waals surface area contributed by atoms with E-state index in [0.717, 1.165) is 17.1 Å². The van der Waals surface area contributed by atoms with Gasteiger partial charge in [0, 0.05) is 44.2 Å². The number of aliphatic carboxylic acids is 1. The summed E-state index contributed by atoms with van der Waals surface area (Å²) in [6.45, 7) is 1.05. The molecular formula is C30H32F3N3O4. The number of halogens is 3. The second-order valence-corrected chi connectivity index (χ2v) is 10.3. The van der Waals surface area contributed by atoms with Crippen molar-refractivity contribution in [3.05, 3.63) is 65.1 Å². The van der Waals surface area contributed by atoms with Gasteiger partial charge in [-0.3, -0.25) is 14.7 Å². The van der Waals surface area contributed by atoms with E-state index in [4.69, 9.17) is 4.74 Å². The number of benzene rings is 2. The van der Waals surface area contributed by atoms with Crippen molar-refractivity contribution in [3.63, 3.8) is 0 Å². The van der Waals surface area contributed by atoms with Crippen LogP contribution in [-0.2, 0) is 4.79 Å². The molecule has 0 unspecified atom stereocenters. The summed E-state index contributed by atoms with van der Waals surface area (Å²) in [5, 5.41) is 22.3. The molecular weight excluding hydrogens is 523 g/mol. The monoisotopic (exact) mass is 555 g/mol. The maximum absolute atomic E-state index is 13.8. The number of piperidine rings is 1. The van der Waals surface area contributed by atoms with E-state index in [2.05, 4.69) is 16.8 Å². The number of pyridine rings is 1. The Balaban J connectivity index is 1.46. The van der Waals surface area contributed by atoms with E-state index in [1.807, 2.05) is 36.0 Å². The van der Waals surface area contributed by atoms with Gasteiger partial charge >= 0.3 is 5.97 Å². The second-order valence-electron chi connectivity index (χ2n) is 10.3. The van der Waals surface area contributed by atoms with Gasteiger partial charge in [-0.05, 0) is 49.9 Å². The summed E-state index contributed by atoms with van der Waals surface area (Å²) in [7, 11) is 5.28. The third-order valence-electron chi connectivity index (χ3n) is 7.59. The van der Waals surface area contributed by atoms with Crippen molar-refractivity contribution < 1.29 is 32.9 Å². The summed E-state index contributed by atoms with van der Waals surface area (Å²) in [5.74, 6) is 1.50. The lowest BCUT2D eigenvalue weighted by Gasteiger charge is -2.38. The minimum atomic E-state index is -1.30. The van der Waals surface area contributed by atoms with Crippen molar-refractivity contribution in [2.24, 2.45) is 5.41 Å². The molecule has 3 aromatic rings. The number of carboxylic acids is 1. The highest BCUT2D eigenvalue weighted by molar-refractivity contribution is 5.88. The number of hydrogen-bond donors (Lipinski definition) is 2. The fourth-order valence-corrected chi connectivity index (χ4v) is 5.18. The highest BCUT2D eigenvalue weighted by Gasteiger charge is 2.41. The first-order valence-corrected chi connectivity index (χ1v) is 13.0. The molecule has 7 nitrogen and oxygen atoms in total. The van der Waals surface area contributed by atoms with Crippen LogP contribution in [0.2, 0.25) is 0 Å². The van der Waals surface area contributed by atoms with Crippen molar-refractivity contribution in [2.45, 2.75) is 31.8 Å². The molecule has 0 saturated carbocycles. The zero-order valence-corrected chi connectivity index (χ0v) is 22.7. The normalized spacial score (nSPS) is 15.8. The van der Waals surface area contributed by atoms with Gasteiger partial charge in [-0.25, -0.2) is 13.2 Å². The molecule has 1 aromatic heterocycles. The standard InChI is InChI=1S/C30H32F3N3O4/c1-35(2)25-18-34-24-7-6-21(40-3)17-22(24)27(25)26(37)8-9-30(29(38)39)10-13-36(14-11-30)12-4-5-19-15-20(31)16-23(32)28(19)33/h6-7,15-18,26,37H,8-14H2,1-3H3,(H,38,39)/t26-/m1/s1. The number of aliphatic hydroxyl groups is 1. The number of methoxy groups -OCH3 is 1. The number of likely N-dealkylation sites (tertiary alicyclic amines) is 1. The van der Waals surface area contributed by atoms with Gasteiger partial charge in [-0.2, -0.15) is 0 Å². The summed E-state index contributed by atoms with van der Waals surface area (Å²) in [5.41, 5.74) is 0.718. The third kappa shape index (κ3) is 6.16. The molecule has 0 bridgehead atoms. The fourth-order valence-electron chi connectivity index (χ4n) is 5.18. The van der Waals surface area contributed by atoms with Crippen molar-refractivity contribution in [1.82, 2.24) is 9.88 Å². The van der Waals surface area contributed by atoms with Gasteiger partial charge < -0.3 is 19.8 Å². The summed E-state index contributed by atoms with van der Waals surface area (Å²) >= 11 is 0. The van der Waals surface area contributed by atoms with Crippen LogP contribution in [0.15, 0.2) is 36.5 Å². The predicted octanol–water partition coefficient (Wildman–Crippen LogP) is 4.76. The quantitative estimate of drug-likeness (QED) is 0.306. The number of aromatic nitrogens is 1. The Morgan fingerprint density at radius 2 is 1.93 bits per heavy atom. The second kappa shape index (κ2) is 12.1. The molecule has 4 rings (SSSR count). The van der Waals surface area contributed by atoms with Crippen LogP contribution < -0.4 is 9.64 Å². The van der Waals surface area contributed by atoms with Gasteiger partial charge in [-0.1, -0.05) is 11.8 Å². The molecule has 1 atom stereocenters. The highest BCUT2D eigenvalue weighted by atomic mass is 19.2. The average molecular weight is 556 g/mol. The molecule has 10 heteroatoms. The van der Waals surface area contributed by atoms with Crippen molar-refractivity contribution in [2.75, 3.05) is 45.7 Å². The predicted molar refractivity (Wildman–Crippen MR) is 146 cm³/mol. The number of anilines is 1. The Kier molecular flexibility index (Phi) is 8.86. The number of rotatable bonds is 8. The van der Waals surface area contributed by atoms with E-state index in [1.54, 1.807) is 19.4 Å². The third-order valence-corrected chi connectivity index (χ3v) is 7.59. The Morgan fingerprint density at radius 3 is 2.58 bits per heavy atom. The summed E-state index contributed by atoms with van der Waals surface area (Å²) in [4.78, 5) is 20.7. The molecule has 2 heterocycles. The van der Waals surface area contributed by atoms with Crippen molar-refractivity contribution in [1.29, 1.82) is 0 Å². The molecule has 0 radical (unpaired) electrons. The first kappa shape index (κ1) is 29.2. The summed E-state index contributed by atoms with van der Waals surface area (Å²) < 4.78 is 46.0. The van der Waals surface area contributed by atoms with Crippen molar-refractivity contribution >= 4 is 22.6 Å². The first-order chi connectivity index (χ1) is 19.0. The smallest absolute Gasteiger partial charge is 0.309 e. The van der Waals surface area contributed by atoms with Crippen molar-refractivity contribution in [3.8, 4) is 17.6 Å². The van der Waals surface area contributed by atoms with Crippen LogP contribution in [-0.4, -0.2) is 66.9 Å². The van der Waals surface area contributed by atoms with Crippen LogP contribution in [0.3, 0.4) is 0 Å². The number of carbonyl (C=O) groups is 1. The number of nitrogens with zero attached hydrogens (tertiary/aromatic N) is 3. The SMILES string of the molecule is COc1ccc2ncc(N(C)C)c([C@H](O)CCC3(C(=O)O)CCN(CC#Cc4cc(F)cc(F)c4F)CC3)c2c1. The van der Waals surface area contributed by atoms with Gasteiger partial charge in [0.2, 0.25) is 0 Å². The highest BCUT2D eigenvalue weighted by Crippen LogP contribution is 2.41. The number of aliphatic hydroxyl groups excluding tert-OH is 1. The first-order valence-electron chi connectivity index (χ1n) is 13.0. The zero-order valence-electron chi connectivity index (χ0n) is 22.7. The molecule has 1 fully saturated rings. The number of fused-ring (bicyclic) bond motifs is 1. The van der Waals surface area contributed by atoms with E-state index in [1.165, 1.54) is 0 Å². The molecule has 1 aliphatic heterocycles. The Hall–Kier alpha value is -3.81. The molecule has 0 amide bonds. The van der Waals surface area contributed by atoms with E-state index in [-0.39, 0.29) is 24.9 Å². The maximum Gasteiger partial charge on any atom is 0.309 e. The van der Waals surface area contributed by atoms with E-state index >= 15 is 0 Å². The van der Waals surface area contributed by atoms with Crippen LogP contribution in [0, 0.1) is 34.7 Å². The van der Waals surface area contributed by atoms with E-state index in [9.17, 15) is 28.2 Å². The lowest BCUT2D eigenvalue weighted by molar-refractivity contribution is -0.153. The largest absolute Gasteiger partial charge is 0.497 e. The van der Waals surface area contributed by atoms with Crippen LogP contribution in [0.1, 0.15) is 42.9 Å². The van der Waals surface area contributed by atoms with Gasteiger partial charge in [0.15, 0.2) is 11.6 Å². The van der Waals surface area contributed by atoms with Gasteiger partial charge in [0.25, 0.3) is 0 Å². The minimum absolute atomic E-state index is 0.201. The topological polar surface area (TPSA) is 86.1 Å². The fraction of sp³-hybridized carbons (Fsp3) is 0.400. The molecule has 2 N–H and O–H groups in total. The molecule has 2 aromatic carbocycles. The molecule has 40 heavy (non-hydrogen) atoms. The minimum Gasteiger partial charge on any atom is -0.497 e. The number of hydrogen-bond acceptors (Lipinski definition) is 6. The average Bonchev–Trinajstić information content (AvgIpc) is 2.93. The van der Waals surface area contributed by atoms with Crippen LogP contribution in [0.5, 0.6) is 5.75 Å². The number of carboxylic acid groups (broad SMARTS) is 1. The van der Waals surface area contributed by atoms with Gasteiger partial charge in [0.05, 0.1) is 48.1 Å². The van der Waals surface area contributed by atoms with Crippen LogP contribution in [0.4, 0.5) is 18.9 Å². The van der Waals surface area contributed by atoms with E-state index in [0.29, 0.717) is 48.8 Å². The lowest BCUT2D eigenvalue weighted by Crippen LogP contribution is -2.44. The molecule has 1 aliphatic rings. The zero-order chi connectivity index (χ0) is 29.0. The maximum atomic E-state index is 13.8. The Morgan fingerprint density at radius 1 is 1.20 bits per heavy atom. The number of ether oxygens (including phenoxy) is 1. The lowest BCUT2D eigenvalue weighted by atomic mass is 9.74. The molecule has 1 saturated heterocycles. The Labute approximate surface area is 231 Å². The van der Waals surface area contributed by atoms with Gasteiger partial charge in [-0.15, -0.1) is 0 Å². The molecule has 0 spiro atoms. The van der Waals surface area contributed by atoms with E-state index < -0.39 is 34.9 Å². The molecule has 212 valence electrons. The van der Waals surface area contributed by atoms with Crippen LogP contribution in [0.25, 0.3) is 10.9 Å². The van der Waals surface area contributed by atoms with Gasteiger partial charge in [0.1, 0.15) is 11.6 Å². The Bertz CT molecular complexity index is 1460. The summed E-state index contributed by atoms with van der Waals surface area (Å²) in [6.07, 6.45) is 1.93.